The van der Waals surface area contributed by atoms with Crippen LogP contribution < -0.4 is 9.47 Å². The molecule has 2 aliphatic rings. The van der Waals surface area contributed by atoms with E-state index < -0.39 is 9.84 Å². The molecule has 0 unspecified atom stereocenters. The summed E-state index contributed by atoms with van der Waals surface area (Å²) in [6, 6.07) is 5.96. The highest BCUT2D eigenvalue weighted by atomic mass is 35.5. The predicted molar refractivity (Wildman–Crippen MR) is 121 cm³/mol. The predicted octanol–water partition coefficient (Wildman–Crippen LogP) is 4.25. The normalized spacial score (nSPS) is 17.2. The van der Waals surface area contributed by atoms with Gasteiger partial charge >= 0.3 is 6.09 Å². The van der Waals surface area contributed by atoms with Crippen LogP contribution in [0.15, 0.2) is 35.5 Å². The lowest BCUT2D eigenvalue weighted by Gasteiger charge is -2.31. The zero-order chi connectivity index (χ0) is 23.6. The molecule has 9 nitrogen and oxygen atoms in total. The second-order valence-electron chi connectivity index (χ2n) is 8.37. The number of piperidine rings is 1. The summed E-state index contributed by atoms with van der Waals surface area (Å²) in [6.45, 7) is 4.72. The van der Waals surface area contributed by atoms with Gasteiger partial charge in [0.1, 0.15) is 18.2 Å². The Kier molecular flexibility index (Phi) is 6.94. The first-order valence-electron chi connectivity index (χ1n) is 10.9. The molecule has 1 amide bonds. The Morgan fingerprint density at radius 3 is 2.42 bits per heavy atom. The monoisotopic (exact) mass is 495 g/mol. The molecule has 33 heavy (non-hydrogen) atoms. The Morgan fingerprint density at radius 1 is 1.09 bits per heavy atom. The molecular weight excluding hydrogens is 470 g/mol. The van der Waals surface area contributed by atoms with Crippen LogP contribution in [0.3, 0.4) is 0 Å². The molecule has 1 aliphatic heterocycles. The summed E-state index contributed by atoms with van der Waals surface area (Å²) in [5, 5.41) is -0.131. The number of ether oxygens (including phenoxy) is 3. The lowest BCUT2D eigenvalue weighted by Crippen LogP contribution is -2.42. The molecule has 0 bridgehead atoms. The summed E-state index contributed by atoms with van der Waals surface area (Å²) in [7, 11) is -3.33. The van der Waals surface area contributed by atoms with Crippen molar-refractivity contribution < 1.29 is 27.4 Å². The molecule has 4 rings (SSSR count). The minimum absolute atomic E-state index is 0.105. The fourth-order valence-corrected chi connectivity index (χ4v) is 5.44. The average molecular weight is 496 g/mol. The number of halogens is 1. The van der Waals surface area contributed by atoms with Crippen LogP contribution in [0, 0.1) is 0 Å². The number of rotatable bonds is 7. The summed E-state index contributed by atoms with van der Waals surface area (Å²) in [5.74, 6) is 0.845. The quantitative estimate of drug-likeness (QED) is 0.561. The summed E-state index contributed by atoms with van der Waals surface area (Å²) >= 11 is 6.27. The third-order valence-electron chi connectivity index (χ3n) is 5.35. The zero-order valence-corrected chi connectivity index (χ0v) is 20.0. The molecule has 0 spiro atoms. The van der Waals surface area contributed by atoms with Gasteiger partial charge in [0.15, 0.2) is 9.84 Å². The number of carbonyl (C=O) groups is 1. The summed E-state index contributed by atoms with van der Waals surface area (Å²) in [5.41, 5.74) is 0. The van der Waals surface area contributed by atoms with Gasteiger partial charge in [0.2, 0.25) is 11.8 Å². The molecule has 178 valence electrons. The Hall–Kier alpha value is -2.59. The molecule has 2 aromatic rings. The van der Waals surface area contributed by atoms with Gasteiger partial charge in [0.05, 0.1) is 27.3 Å². The number of aromatic nitrogens is 2. The Balaban J connectivity index is 1.35. The van der Waals surface area contributed by atoms with Gasteiger partial charge in [-0.15, -0.1) is 0 Å². The van der Waals surface area contributed by atoms with Crippen LogP contribution in [-0.2, 0) is 14.6 Å². The largest absolute Gasteiger partial charge is 0.474 e. The Morgan fingerprint density at radius 2 is 1.79 bits per heavy atom. The van der Waals surface area contributed by atoms with E-state index in [1.54, 1.807) is 11.0 Å². The fraction of sp³-hybridized carbons (Fsp3) is 0.500. The molecule has 1 aliphatic carbocycles. The fourth-order valence-electron chi connectivity index (χ4n) is 3.47. The second-order valence-corrected chi connectivity index (χ2v) is 11.0. The van der Waals surface area contributed by atoms with E-state index in [-0.39, 0.29) is 45.1 Å². The van der Waals surface area contributed by atoms with Crippen molar-refractivity contribution in [3.63, 3.8) is 0 Å². The first kappa shape index (κ1) is 23.6. The van der Waals surface area contributed by atoms with Crippen molar-refractivity contribution in [2.45, 2.75) is 61.9 Å². The average Bonchev–Trinajstić information content (AvgIpc) is 3.61. The van der Waals surface area contributed by atoms with E-state index in [1.807, 2.05) is 13.8 Å². The molecule has 1 saturated carbocycles. The highest BCUT2D eigenvalue weighted by Crippen LogP contribution is 2.37. The van der Waals surface area contributed by atoms with E-state index in [1.165, 1.54) is 24.5 Å². The summed E-state index contributed by atoms with van der Waals surface area (Å²) in [6.07, 6.45) is 3.41. The lowest BCUT2D eigenvalue weighted by atomic mass is 10.1. The highest BCUT2D eigenvalue weighted by Gasteiger charge is 2.37. The van der Waals surface area contributed by atoms with Crippen LogP contribution in [-0.4, -0.2) is 59.9 Å². The van der Waals surface area contributed by atoms with Gasteiger partial charge in [-0.3, -0.25) is 0 Å². The topological polar surface area (TPSA) is 108 Å². The van der Waals surface area contributed by atoms with Crippen molar-refractivity contribution in [2.75, 3.05) is 13.1 Å². The third-order valence-corrected chi connectivity index (χ3v) is 7.91. The van der Waals surface area contributed by atoms with Crippen molar-refractivity contribution in [1.82, 2.24) is 14.9 Å². The lowest BCUT2D eigenvalue weighted by molar-refractivity contribution is 0.0507. The number of likely N-dealkylation sites (tertiary alicyclic amines) is 1. The van der Waals surface area contributed by atoms with Crippen molar-refractivity contribution in [1.29, 1.82) is 0 Å². The highest BCUT2D eigenvalue weighted by molar-refractivity contribution is 7.92. The molecule has 0 N–H and O–H groups in total. The number of sulfone groups is 1. The standard InChI is InChI=1S/C22H26ClN3O6S/c1-14(2)30-22(27)26-9-7-15(8-10-26)31-20-12-21(25-13-24-20)32-19-6-5-17(11-18(19)23)33(28,29)16-3-4-16/h5-6,11-16H,3-4,7-10H2,1-2H3. The van der Waals surface area contributed by atoms with Crippen molar-refractivity contribution >= 4 is 27.5 Å². The molecule has 0 radical (unpaired) electrons. The van der Waals surface area contributed by atoms with E-state index in [0.29, 0.717) is 44.7 Å². The molecule has 0 atom stereocenters. The minimum atomic E-state index is -3.33. The van der Waals surface area contributed by atoms with Crippen LogP contribution in [0.5, 0.6) is 17.5 Å². The van der Waals surface area contributed by atoms with Crippen molar-refractivity contribution in [3.8, 4) is 17.5 Å². The van der Waals surface area contributed by atoms with Gasteiger partial charge in [-0.2, -0.15) is 0 Å². The molecule has 1 saturated heterocycles. The van der Waals surface area contributed by atoms with Crippen LogP contribution in [0.1, 0.15) is 39.5 Å². The minimum Gasteiger partial charge on any atom is -0.474 e. The van der Waals surface area contributed by atoms with Gasteiger partial charge < -0.3 is 19.1 Å². The molecule has 2 fully saturated rings. The first-order chi connectivity index (χ1) is 15.7. The zero-order valence-electron chi connectivity index (χ0n) is 18.4. The molecular formula is C22H26ClN3O6S. The Bertz CT molecular complexity index is 1110. The third kappa shape index (κ3) is 5.86. The Labute approximate surface area is 197 Å². The number of nitrogens with zero attached hydrogens (tertiary/aromatic N) is 3. The van der Waals surface area contributed by atoms with E-state index in [2.05, 4.69) is 9.97 Å². The van der Waals surface area contributed by atoms with Gasteiger partial charge in [0, 0.05) is 25.9 Å². The van der Waals surface area contributed by atoms with Crippen molar-refractivity contribution in [3.05, 3.63) is 35.6 Å². The van der Waals surface area contributed by atoms with Gasteiger partial charge in [-0.05, 0) is 44.9 Å². The molecule has 1 aromatic carbocycles. The number of hydrogen-bond donors (Lipinski definition) is 0. The van der Waals surface area contributed by atoms with Crippen LogP contribution >= 0.6 is 11.6 Å². The van der Waals surface area contributed by atoms with Gasteiger partial charge in [-0.1, -0.05) is 11.6 Å². The number of carbonyl (C=O) groups excluding carboxylic acids is 1. The number of amides is 1. The van der Waals surface area contributed by atoms with E-state index >= 15 is 0 Å². The maximum absolute atomic E-state index is 12.4. The van der Waals surface area contributed by atoms with E-state index in [9.17, 15) is 13.2 Å². The maximum Gasteiger partial charge on any atom is 0.410 e. The number of hydrogen-bond acceptors (Lipinski definition) is 8. The smallest absolute Gasteiger partial charge is 0.410 e. The second kappa shape index (κ2) is 9.72. The van der Waals surface area contributed by atoms with E-state index in [0.717, 1.165) is 0 Å². The molecule has 2 heterocycles. The number of benzene rings is 1. The van der Waals surface area contributed by atoms with E-state index in [4.69, 9.17) is 25.8 Å². The molecule has 11 heteroatoms. The summed E-state index contributed by atoms with van der Waals surface area (Å²) in [4.78, 5) is 22.1. The van der Waals surface area contributed by atoms with Gasteiger partial charge in [0.25, 0.3) is 0 Å². The van der Waals surface area contributed by atoms with Crippen LogP contribution in [0.4, 0.5) is 4.79 Å². The van der Waals surface area contributed by atoms with Crippen molar-refractivity contribution in [2.24, 2.45) is 0 Å². The first-order valence-corrected chi connectivity index (χ1v) is 12.8. The van der Waals surface area contributed by atoms with Gasteiger partial charge in [-0.25, -0.2) is 23.2 Å². The summed E-state index contributed by atoms with van der Waals surface area (Å²) < 4.78 is 41.7. The van der Waals surface area contributed by atoms with Crippen LogP contribution in [0.2, 0.25) is 5.02 Å². The SMILES string of the molecule is CC(C)OC(=O)N1CCC(Oc2cc(Oc3ccc(S(=O)(=O)C4CC4)cc3Cl)ncn2)CC1. The maximum atomic E-state index is 12.4. The molecule has 1 aromatic heterocycles. The van der Waals surface area contributed by atoms with Crippen LogP contribution in [0.25, 0.3) is 0 Å².